The number of hydrogen-bond acceptors (Lipinski definition) is 4. The van der Waals surface area contributed by atoms with Crippen LogP contribution in [-0.2, 0) is 14.8 Å². The number of thiophene rings is 1. The SMILES string of the molecule is O=S(=O)(c1ccc(Cl)s1)N1CCOC(c2ccc(Cl)cc2)C1. The molecule has 0 saturated carbocycles. The first kappa shape index (κ1) is 16.2. The van der Waals surface area contributed by atoms with Gasteiger partial charge in [-0.05, 0) is 29.8 Å². The second-order valence-corrected chi connectivity index (χ2v) is 9.15. The van der Waals surface area contributed by atoms with Crippen LogP contribution in [0.5, 0.6) is 0 Å². The van der Waals surface area contributed by atoms with Crippen molar-refractivity contribution in [2.24, 2.45) is 0 Å². The third-order valence-corrected chi connectivity index (χ3v) is 7.23. The first-order chi connectivity index (χ1) is 10.5. The normalized spacial score (nSPS) is 20.2. The van der Waals surface area contributed by atoms with Gasteiger partial charge in [-0.2, -0.15) is 4.31 Å². The minimum Gasteiger partial charge on any atom is -0.371 e. The molecule has 8 heteroatoms. The summed E-state index contributed by atoms with van der Waals surface area (Å²) in [6.07, 6.45) is -0.295. The molecule has 1 saturated heterocycles. The molecule has 1 atom stereocenters. The quantitative estimate of drug-likeness (QED) is 0.816. The molecule has 0 amide bonds. The molecule has 0 spiro atoms. The molecule has 2 heterocycles. The molecule has 0 bridgehead atoms. The molecular formula is C14H13Cl2NO3S2. The Hall–Kier alpha value is -0.630. The van der Waals surface area contributed by atoms with Gasteiger partial charge in [0, 0.05) is 18.1 Å². The Morgan fingerprint density at radius 2 is 1.86 bits per heavy atom. The molecule has 1 unspecified atom stereocenters. The van der Waals surface area contributed by atoms with Crippen molar-refractivity contribution in [2.45, 2.75) is 10.3 Å². The molecule has 1 aromatic heterocycles. The summed E-state index contributed by atoms with van der Waals surface area (Å²) >= 11 is 12.8. The van der Waals surface area contributed by atoms with E-state index in [-0.39, 0.29) is 16.9 Å². The highest BCUT2D eigenvalue weighted by Gasteiger charge is 2.32. The summed E-state index contributed by atoms with van der Waals surface area (Å²) in [7, 11) is -3.53. The second-order valence-electron chi connectivity index (χ2n) is 4.83. The molecule has 0 aliphatic carbocycles. The highest BCUT2D eigenvalue weighted by atomic mass is 35.5. The zero-order valence-corrected chi connectivity index (χ0v) is 14.6. The van der Waals surface area contributed by atoms with Crippen LogP contribution < -0.4 is 0 Å². The topological polar surface area (TPSA) is 46.6 Å². The minimum absolute atomic E-state index is 0.259. The standard InChI is InChI=1S/C14H13Cl2NO3S2/c15-11-3-1-10(2-4-11)12-9-17(7-8-20-12)22(18,19)14-6-5-13(16)21-14/h1-6,12H,7-9H2. The van der Waals surface area contributed by atoms with Gasteiger partial charge in [-0.25, -0.2) is 8.42 Å². The summed E-state index contributed by atoms with van der Waals surface area (Å²) in [5.41, 5.74) is 0.911. The maximum atomic E-state index is 12.6. The van der Waals surface area contributed by atoms with Gasteiger partial charge in [0.05, 0.1) is 17.0 Å². The Morgan fingerprint density at radius 1 is 1.14 bits per heavy atom. The lowest BCUT2D eigenvalue weighted by Gasteiger charge is -2.32. The zero-order valence-electron chi connectivity index (χ0n) is 11.4. The summed E-state index contributed by atoms with van der Waals surface area (Å²) in [6.45, 7) is 0.965. The maximum absolute atomic E-state index is 12.6. The Balaban J connectivity index is 1.82. The van der Waals surface area contributed by atoms with Gasteiger partial charge in [-0.1, -0.05) is 35.3 Å². The van der Waals surface area contributed by atoms with Crippen LogP contribution in [0.2, 0.25) is 9.36 Å². The van der Waals surface area contributed by atoms with Gasteiger partial charge in [0.15, 0.2) is 0 Å². The molecule has 1 aromatic carbocycles. The first-order valence-corrected chi connectivity index (χ1v) is 9.60. The fourth-order valence-electron chi connectivity index (χ4n) is 2.29. The van der Waals surface area contributed by atoms with Crippen molar-refractivity contribution in [3.05, 3.63) is 51.3 Å². The van der Waals surface area contributed by atoms with Crippen LogP contribution in [-0.4, -0.2) is 32.4 Å². The van der Waals surface area contributed by atoms with Gasteiger partial charge in [-0.15, -0.1) is 11.3 Å². The minimum atomic E-state index is -3.53. The number of benzene rings is 1. The number of sulfonamides is 1. The van der Waals surface area contributed by atoms with Crippen molar-refractivity contribution in [2.75, 3.05) is 19.7 Å². The van der Waals surface area contributed by atoms with Crippen molar-refractivity contribution < 1.29 is 13.2 Å². The number of nitrogens with zero attached hydrogens (tertiary/aromatic N) is 1. The van der Waals surface area contributed by atoms with E-state index in [1.165, 1.54) is 10.4 Å². The Bertz CT molecular complexity index is 759. The van der Waals surface area contributed by atoms with E-state index in [0.29, 0.717) is 22.5 Å². The van der Waals surface area contributed by atoms with Crippen LogP contribution in [0.1, 0.15) is 11.7 Å². The van der Waals surface area contributed by atoms with Gasteiger partial charge in [0.1, 0.15) is 4.21 Å². The van der Waals surface area contributed by atoms with E-state index >= 15 is 0 Å². The molecule has 0 radical (unpaired) electrons. The molecule has 4 nitrogen and oxygen atoms in total. The van der Waals surface area contributed by atoms with Gasteiger partial charge >= 0.3 is 0 Å². The van der Waals surface area contributed by atoms with Gasteiger partial charge in [0.2, 0.25) is 0 Å². The van der Waals surface area contributed by atoms with E-state index in [0.717, 1.165) is 16.9 Å². The smallest absolute Gasteiger partial charge is 0.252 e. The van der Waals surface area contributed by atoms with E-state index in [4.69, 9.17) is 27.9 Å². The molecule has 2 aromatic rings. The van der Waals surface area contributed by atoms with Crippen molar-refractivity contribution in [1.82, 2.24) is 4.31 Å². The highest BCUT2D eigenvalue weighted by molar-refractivity contribution is 7.91. The number of halogens is 2. The van der Waals surface area contributed by atoms with Crippen molar-refractivity contribution in [3.63, 3.8) is 0 Å². The van der Waals surface area contributed by atoms with E-state index in [9.17, 15) is 8.42 Å². The van der Waals surface area contributed by atoms with Gasteiger partial charge < -0.3 is 4.74 Å². The Kier molecular flexibility index (Phi) is 4.77. The number of ether oxygens (including phenoxy) is 1. The number of rotatable bonds is 3. The van der Waals surface area contributed by atoms with Crippen LogP contribution in [0.4, 0.5) is 0 Å². The lowest BCUT2D eigenvalue weighted by Crippen LogP contribution is -2.41. The summed E-state index contributed by atoms with van der Waals surface area (Å²) < 4.78 is 33.1. The summed E-state index contributed by atoms with van der Waals surface area (Å²) in [6, 6.07) is 10.4. The third-order valence-electron chi connectivity index (χ3n) is 3.41. The number of morpholine rings is 1. The van der Waals surface area contributed by atoms with Gasteiger partial charge in [0.25, 0.3) is 10.0 Å². The van der Waals surface area contributed by atoms with Crippen LogP contribution in [0.25, 0.3) is 0 Å². The second kappa shape index (κ2) is 6.47. The van der Waals surface area contributed by atoms with E-state index in [1.807, 2.05) is 12.1 Å². The summed E-state index contributed by atoms with van der Waals surface area (Å²) in [4.78, 5) is 0. The van der Waals surface area contributed by atoms with E-state index in [2.05, 4.69) is 0 Å². The van der Waals surface area contributed by atoms with Crippen molar-refractivity contribution in [1.29, 1.82) is 0 Å². The van der Waals surface area contributed by atoms with Crippen molar-refractivity contribution in [3.8, 4) is 0 Å². The Labute approximate surface area is 143 Å². The predicted molar refractivity (Wildman–Crippen MR) is 88.2 cm³/mol. The first-order valence-electron chi connectivity index (χ1n) is 6.59. The fourth-order valence-corrected chi connectivity index (χ4v) is 5.47. The van der Waals surface area contributed by atoms with E-state index < -0.39 is 10.0 Å². The molecule has 1 aliphatic rings. The molecule has 3 rings (SSSR count). The van der Waals surface area contributed by atoms with Crippen LogP contribution in [0, 0.1) is 0 Å². The molecule has 22 heavy (non-hydrogen) atoms. The molecule has 1 aliphatic heterocycles. The largest absolute Gasteiger partial charge is 0.371 e. The van der Waals surface area contributed by atoms with Crippen LogP contribution in [0.15, 0.2) is 40.6 Å². The summed E-state index contributed by atoms with van der Waals surface area (Å²) in [5.74, 6) is 0. The van der Waals surface area contributed by atoms with Crippen molar-refractivity contribution >= 4 is 44.6 Å². The lowest BCUT2D eigenvalue weighted by atomic mass is 10.1. The average molecular weight is 378 g/mol. The lowest BCUT2D eigenvalue weighted by molar-refractivity contribution is -0.00249. The average Bonchev–Trinajstić information content (AvgIpc) is 2.95. The van der Waals surface area contributed by atoms with Crippen LogP contribution >= 0.6 is 34.5 Å². The summed E-state index contributed by atoms with van der Waals surface area (Å²) in [5, 5.41) is 0.636. The Morgan fingerprint density at radius 3 is 2.50 bits per heavy atom. The van der Waals surface area contributed by atoms with E-state index in [1.54, 1.807) is 18.2 Å². The fraction of sp³-hybridized carbons (Fsp3) is 0.286. The molecule has 118 valence electrons. The number of hydrogen-bond donors (Lipinski definition) is 0. The third kappa shape index (κ3) is 3.32. The molecule has 0 N–H and O–H groups in total. The monoisotopic (exact) mass is 377 g/mol. The van der Waals surface area contributed by atoms with Gasteiger partial charge in [-0.3, -0.25) is 0 Å². The van der Waals surface area contributed by atoms with Crippen LogP contribution in [0.3, 0.4) is 0 Å². The molecular weight excluding hydrogens is 365 g/mol. The zero-order chi connectivity index (χ0) is 15.7. The predicted octanol–water partition coefficient (Wildman–Crippen LogP) is 3.82. The highest BCUT2D eigenvalue weighted by Crippen LogP contribution is 2.31. The molecule has 1 fully saturated rings. The maximum Gasteiger partial charge on any atom is 0.252 e.